The second kappa shape index (κ2) is 7.49. The van der Waals surface area contributed by atoms with Gasteiger partial charge in [0.1, 0.15) is 5.52 Å². The summed E-state index contributed by atoms with van der Waals surface area (Å²) in [6.07, 6.45) is 1.32. The molecule has 126 valence electrons. The molecule has 0 aliphatic heterocycles. The van der Waals surface area contributed by atoms with Gasteiger partial charge in [-0.25, -0.2) is 4.98 Å². The van der Waals surface area contributed by atoms with Crippen molar-refractivity contribution in [2.45, 2.75) is 19.8 Å². The fourth-order valence-corrected chi connectivity index (χ4v) is 2.38. The van der Waals surface area contributed by atoms with Gasteiger partial charge in [0.15, 0.2) is 5.92 Å². The van der Waals surface area contributed by atoms with Crippen molar-refractivity contribution in [1.82, 2.24) is 4.98 Å². The zero-order valence-corrected chi connectivity index (χ0v) is 13.2. The molecule has 0 unspecified atom stereocenters. The quantitative estimate of drug-likeness (QED) is 0.346. The average Bonchev–Trinajstić information content (AvgIpc) is 2.55. The highest BCUT2D eigenvalue weighted by Gasteiger charge is 2.33. The number of hydrogen-bond donors (Lipinski definition) is 0. The van der Waals surface area contributed by atoms with Gasteiger partial charge >= 0.3 is 11.9 Å². The molecule has 24 heavy (non-hydrogen) atoms. The molecule has 8 heteroatoms. The first-order valence-electron chi connectivity index (χ1n) is 7.36. The summed E-state index contributed by atoms with van der Waals surface area (Å²) in [6.45, 7) is 3.43. The number of benzene rings is 1. The van der Waals surface area contributed by atoms with E-state index in [-0.39, 0.29) is 30.0 Å². The molecule has 0 N–H and O–H groups in total. The number of esters is 2. The molecule has 0 fully saturated rings. The first kappa shape index (κ1) is 17.3. The van der Waals surface area contributed by atoms with Gasteiger partial charge in [-0.15, -0.1) is 0 Å². The molecule has 0 aliphatic rings. The van der Waals surface area contributed by atoms with Crippen molar-refractivity contribution >= 4 is 28.5 Å². The molecular formula is C16H16N2O6. The Morgan fingerprint density at radius 2 is 1.79 bits per heavy atom. The Bertz CT molecular complexity index is 771. The lowest BCUT2D eigenvalue weighted by Gasteiger charge is -2.16. The van der Waals surface area contributed by atoms with Crippen LogP contribution in [0.4, 0.5) is 5.69 Å². The summed E-state index contributed by atoms with van der Waals surface area (Å²) >= 11 is 0. The average molecular weight is 332 g/mol. The predicted octanol–water partition coefficient (Wildman–Crippen LogP) is 2.35. The molecule has 1 aromatic heterocycles. The van der Waals surface area contributed by atoms with Crippen LogP contribution in [-0.2, 0) is 19.1 Å². The molecule has 0 aliphatic carbocycles. The standard InChI is InChI=1S/C16H16N2O6/c1-3-23-15(19)13(16(20)24-4-2)10-8-9-17-14-11(10)6-5-7-12(14)18(21)22/h5-9,13H,3-4H2,1-2H3. The number of carbonyl (C=O) groups is 2. The third kappa shape index (κ3) is 3.32. The summed E-state index contributed by atoms with van der Waals surface area (Å²) in [5.41, 5.74) is 0.153. The van der Waals surface area contributed by atoms with E-state index in [1.54, 1.807) is 19.9 Å². The smallest absolute Gasteiger partial charge is 0.324 e. The Morgan fingerprint density at radius 1 is 1.17 bits per heavy atom. The maximum atomic E-state index is 12.2. The van der Waals surface area contributed by atoms with Gasteiger partial charge in [0.25, 0.3) is 5.69 Å². The van der Waals surface area contributed by atoms with E-state index in [1.165, 1.54) is 24.4 Å². The van der Waals surface area contributed by atoms with Crippen LogP contribution in [0.5, 0.6) is 0 Å². The predicted molar refractivity (Wildman–Crippen MR) is 84.4 cm³/mol. The van der Waals surface area contributed by atoms with Gasteiger partial charge in [0, 0.05) is 17.6 Å². The number of fused-ring (bicyclic) bond motifs is 1. The Morgan fingerprint density at radius 3 is 2.33 bits per heavy atom. The van der Waals surface area contributed by atoms with E-state index in [9.17, 15) is 19.7 Å². The molecule has 0 amide bonds. The van der Waals surface area contributed by atoms with Crippen LogP contribution in [0.3, 0.4) is 0 Å². The van der Waals surface area contributed by atoms with Crippen LogP contribution in [0.2, 0.25) is 0 Å². The van der Waals surface area contributed by atoms with E-state index in [4.69, 9.17) is 9.47 Å². The zero-order valence-electron chi connectivity index (χ0n) is 13.2. The lowest BCUT2D eigenvalue weighted by atomic mass is 9.95. The van der Waals surface area contributed by atoms with Gasteiger partial charge in [-0.2, -0.15) is 0 Å². The van der Waals surface area contributed by atoms with Gasteiger partial charge in [0.05, 0.1) is 18.1 Å². The summed E-state index contributed by atoms with van der Waals surface area (Å²) in [5.74, 6) is -2.86. The largest absolute Gasteiger partial charge is 0.465 e. The number of non-ortho nitro benzene ring substituents is 1. The van der Waals surface area contributed by atoms with Crippen molar-refractivity contribution in [1.29, 1.82) is 0 Å². The number of para-hydroxylation sites is 1. The molecule has 0 atom stereocenters. The number of ether oxygens (including phenoxy) is 2. The van der Waals surface area contributed by atoms with Gasteiger partial charge in [0.2, 0.25) is 0 Å². The minimum absolute atomic E-state index is 0.0951. The number of pyridine rings is 1. The summed E-state index contributed by atoms with van der Waals surface area (Å²) in [7, 11) is 0. The van der Waals surface area contributed by atoms with Crippen LogP contribution < -0.4 is 0 Å². The van der Waals surface area contributed by atoms with Crippen LogP contribution in [0.15, 0.2) is 30.5 Å². The highest BCUT2D eigenvalue weighted by Crippen LogP contribution is 2.31. The van der Waals surface area contributed by atoms with E-state index in [2.05, 4.69) is 4.98 Å². The summed E-state index contributed by atoms with van der Waals surface area (Å²) in [4.78, 5) is 39.1. The number of hydrogen-bond acceptors (Lipinski definition) is 7. The molecule has 0 bridgehead atoms. The number of carbonyl (C=O) groups excluding carboxylic acids is 2. The van der Waals surface area contributed by atoms with Crippen LogP contribution in [0.25, 0.3) is 10.9 Å². The van der Waals surface area contributed by atoms with Gasteiger partial charge in [-0.3, -0.25) is 19.7 Å². The van der Waals surface area contributed by atoms with Crippen molar-refractivity contribution in [2.24, 2.45) is 0 Å². The van der Waals surface area contributed by atoms with E-state index in [0.29, 0.717) is 5.39 Å². The van der Waals surface area contributed by atoms with Crippen molar-refractivity contribution in [2.75, 3.05) is 13.2 Å². The molecule has 0 spiro atoms. The van der Waals surface area contributed by atoms with E-state index in [1.807, 2.05) is 0 Å². The lowest BCUT2D eigenvalue weighted by molar-refractivity contribution is -0.383. The van der Waals surface area contributed by atoms with Gasteiger partial charge < -0.3 is 9.47 Å². The van der Waals surface area contributed by atoms with Crippen molar-refractivity contribution in [3.05, 3.63) is 46.1 Å². The summed E-state index contributed by atoms with van der Waals surface area (Å²) in [6, 6.07) is 5.81. The number of nitro benzene ring substituents is 1. The van der Waals surface area contributed by atoms with Crippen LogP contribution in [0, 0.1) is 10.1 Å². The maximum absolute atomic E-state index is 12.2. The van der Waals surface area contributed by atoms with Gasteiger partial charge in [-0.1, -0.05) is 12.1 Å². The molecular weight excluding hydrogens is 316 g/mol. The highest BCUT2D eigenvalue weighted by molar-refractivity contribution is 6.05. The number of nitrogens with zero attached hydrogens (tertiary/aromatic N) is 2. The Hall–Kier alpha value is -3.03. The SMILES string of the molecule is CCOC(=O)C(C(=O)OCC)c1ccnc2c([N+](=O)[O-])cccc12. The van der Waals surface area contributed by atoms with E-state index < -0.39 is 22.8 Å². The molecule has 0 saturated heterocycles. The third-order valence-electron chi connectivity index (χ3n) is 3.34. The molecule has 1 aromatic carbocycles. The maximum Gasteiger partial charge on any atom is 0.324 e. The van der Waals surface area contributed by atoms with Crippen molar-refractivity contribution in [3.63, 3.8) is 0 Å². The second-order valence-corrected chi connectivity index (χ2v) is 4.77. The Labute approximate surface area is 137 Å². The second-order valence-electron chi connectivity index (χ2n) is 4.77. The Balaban J connectivity index is 2.65. The third-order valence-corrected chi connectivity index (χ3v) is 3.34. The molecule has 2 aromatic rings. The molecule has 0 saturated carbocycles. The van der Waals surface area contributed by atoms with E-state index >= 15 is 0 Å². The lowest BCUT2D eigenvalue weighted by Crippen LogP contribution is -2.26. The normalized spacial score (nSPS) is 10.6. The minimum atomic E-state index is -1.32. The topological polar surface area (TPSA) is 109 Å². The summed E-state index contributed by atoms with van der Waals surface area (Å²) < 4.78 is 9.92. The number of rotatable bonds is 6. The van der Waals surface area contributed by atoms with Crippen molar-refractivity contribution in [3.8, 4) is 0 Å². The first-order chi connectivity index (χ1) is 11.5. The zero-order chi connectivity index (χ0) is 17.7. The molecule has 1 heterocycles. The fourth-order valence-electron chi connectivity index (χ4n) is 2.38. The molecule has 2 rings (SSSR count). The van der Waals surface area contributed by atoms with Crippen LogP contribution in [0.1, 0.15) is 25.3 Å². The summed E-state index contributed by atoms with van der Waals surface area (Å²) in [5, 5.41) is 11.5. The molecule has 8 nitrogen and oxygen atoms in total. The Kier molecular flexibility index (Phi) is 5.41. The molecule has 0 radical (unpaired) electrons. The minimum Gasteiger partial charge on any atom is -0.465 e. The van der Waals surface area contributed by atoms with E-state index in [0.717, 1.165) is 0 Å². The van der Waals surface area contributed by atoms with Crippen LogP contribution >= 0.6 is 0 Å². The fraction of sp³-hybridized carbons (Fsp3) is 0.312. The van der Waals surface area contributed by atoms with Crippen molar-refractivity contribution < 1.29 is 24.0 Å². The van der Waals surface area contributed by atoms with Crippen LogP contribution in [-0.4, -0.2) is 35.1 Å². The first-order valence-corrected chi connectivity index (χ1v) is 7.36. The highest BCUT2D eigenvalue weighted by atomic mass is 16.6. The number of aromatic nitrogens is 1. The van der Waals surface area contributed by atoms with Gasteiger partial charge in [-0.05, 0) is 25.5 Å². The monoisotopic (exact) mass is 332 g/mol. The number of nitro groups is 1.